The Kier molecular flexibility index (Phi) is 4.22. The maximum atomic E-state index is 12.0. The lowest BCUT2D eigenvalue weighted by molar-refractivity contribution is -0.131. The smallest absolute Gasteiger partial charge is 0.236 e. The van der Waals surface area contributed by atoms with Crippen molar-refractivity contribution in [2.75, 3.05) is 13.6 Å². The number of rotatable bonds is 4. The second kappa shape index (κ2) is 5.67. The fourth-order valence-electron chi connectivity index (χ4n) is 2.98. The molecule has 0 radical (unpaired) electrons. The van der Waals surface area contributed by atoms with Gasteiger partial charge in [-0.25, -0.2) is 0 Å². The predicted molar refractivity (Wildman–Crippen MR) is 65.3 cm³/mol. The molecule has 92 valence electrons. The van der Waals surface area contributed by atoms with Gasteiger partial charge in [0.25, 0.3) is 0 Å². The van der Waals surface area contributed by atoms with Crippen LogP contribution in [-0.2, 0) is 4.79 Å². The Morgan fingerprint density at radius 1 is 1.12 bits per heavy atom. The Morgan fingerprint density at radius 3 is 2.31 bits per heavy atom. The molecule has 2 aliphatic carbocycles. The number of carbonyl (C=O) groups excluding carboxylic acids is 1. The molecule has 2 aliphatic rings. The molecule has 0 bridgehead atoms. The molecule has 0 aliphatic heterocycles. The van der Waals surface area contributed by atoms with E-state index in [1.807, 2.05) is 11.9 Å². The zero-order chi connectivity index (χ0) is 11.4. The summed E-state index contributed by atoms with van der Waals surface area (Å²) in [6.07, 6.45) is 10.1. The minimum absolute atomic E-state index is 0.277. The van der Waals surface area contributed by atoms with Gasteiger partial charge in [0.05, 0.1) is 6.54 Å². The van der Waals surface area contributed by atoms with Crippen molar-refractivity contribution in [2.24, 2.45) is 0 Å². The summed E-state index contributed by atoms with van der Waals surface area (Å²) in [4.78, 5) is 13.9. The lowest BCUT2D eigenvalue weighted by Crippen LogP contribution is -2.42. The number of hydrogen-bond acceptors (Lipinski definition) is 2. The molecular formula is C13H24N2O. The van der Waals surface area contributed by atoms with Crippen LogP contribution < -0.4 is 5.32 Å². The molecule has 0 saturated heterocycles. The van der Waals surface area contributed by atoms with Crippen molar-refractivity contribution < 1.29 is 4.79 Å². The third-order valence-electron chi connectivity index (χ3n) is 4.16. The van der Waals surface area contributed by atoms with Gasteiger partial charge < -0.3 is 10.2 Å². The molecule has 0 aromatic rings. The molecule has 0 unspecified atom stereocenters. The SMILES string of the molecule is CN(C(=O)CNC1CCCC1)C1CCCC1. The topological polar surface area (TPSA) is 32.3 Å². The summed E-state index contributed by atoms with van der Waals surface area (Å²) in [5.74, 6) is 0.277. The molecule has 1 N–H and O–H groups in total. The minimum Gasteiger partial charge on any atom is -0.342 e. The summed E-state index contributed by atoms with van der Waals surface area (Å²) in [6, 6.07) is 1.11. The minimum atomic E-state index is 0.277. The fourth-order valence-corrected chi connectivity index (χ4v) is 2.98. The zero-order valence-electron chi connectivity index (χ0n) is 10.4. The van der Waals surface area contributed by atoms with Gasteiger partial charge in [0.15, 0.2) is 0 Å². The van der Waals surface area contributed by atoms with Gasteiger partial charge in [-0.15, -0.1) is 0 Å². The Labute approximate surface area is 98.6 Å². The highest BCUT2D eigenvalue weighted by Crippen LogP contribution is 2.22. The second-order valence-corrected chi connectivity index (χ2v) is 5.31. The average Bonchev–Trinajstić information content (AvgIpc) is 2.96. The van der Waals surface area contributed by atoms with Crippen LogP contribution in [0, 0.1) is 0 Å². The Morgan fingerprint density at radius 2 is 1.69 bits per heavy atom. The summed E-state index contributed by atoms with van der Waals surface area (Å²) >= 11 is 0. The highest BCUT2D eigenvalue weighted by atomic mass is 16.2. The Bertz CT molecular complexity index is 230. The van der Waals surface area contributed by atoms with Crippen LogP contribution >= 0.6 is 0 Å². The van der Waals surface area contributed by atoms with E-state index in [1.165, 1.54) is 51.4 Å². The van der Waals surface area contributed by atoms with Crippen LogP contribution in [-0.4, -0.2) is 36.5 Å². The summed E-state index contributed by atoms with van der Waals surface area (Å²) in [6.45, 7) is 0.539. The first kappa shape index (κ1) is 11.9. The monoisotopic (exact) mass is 224 g/mol. The van der Waals surface area contributed by atoms with Crippen LogP contribution in [0.25, 0.3) is 0 Å². The van der Waals surface area contributed by atoms with E-state index in [0.717, 1.165) is 0 Å². The molecule has 2 fully saturated rings. The van der Waals surface area contributed by atoms with Gasteiger partial charge in [0.2, 0.25) is 5.91 Å². The van der Waals surface area contributed by atoms with Gasteiger partial charge >= 0.3 is 0 Å². The van der Waals surface area contributed by atoms with E-state index in [0.29, 0.717) is 18.6 Å². The van der Waals surface area contributed by atoms with E-state index < -0.39 is 0 Å². The average molecular weight is 224 g/mol. The standard InChI is InChI=1S/C13H24N2O/c1-15(12-8-4-5-9-12)13(16)10-14-11-6-2-3-7-11/h11-12,14H,2-10H2,1H3. The largest absolute Gasteiger partial charge is 0.342 e. The van der Waals surface area contributed by atoms with Crippen molar-refractivity contribution in [3.05, 3.63) is 0 Å². The van der Waals surface area contributed by atoms with Crippen LogP contribution in [0.3, 0.4) is 0 Å². The number of nitrogens with one attached hydrogen (secondary N) is 1. The van der Waals surface area contributed by atoms with E-state index in [9.17, 15) is 4.79 Å². The number of nitrogens with zero attached hydrogens (tertiary/aromatic N) is 1. The van der Waals surface area contributed by atoms with Gasteiger partial charge in [-0.2, -0.15) is 0 Å². The molecular weight excluding hydrogens is 200 g/mol. The molecule has 2 rings (SSSR count). The van der Waals surface area contributed by atoms with Crippen molar-refractivity contribution in [3.63, 3.8) is 0 Å². The van der Waals surface area contributed by atoms with Crippen molar-refractivity contribution in [2.45, 2.75) is 63.5 Å². The first-order valence-electron chi connectivity index (χ1n) is 6.76. The third kappa shape index (κ3) is 2.97. The first-order chi connectivity index (χ1) is 7.77. The van der Waals surface area contributed by atoms with Crippen LogP contribution in [0.15, 0.2) is 0 Å². The van der Waals surface area contributed by atoms with Crippen molar-refractivity contribution in [1.29, 1.82) is 0 Å². The molecule has 16 heavy (non-hydrogen) atoms. The zero-order valence-corrected chi connectivity index (χ0v) is 10.4. The predicted octanol–water partition coefficient (Wildman–Crippen LogP) is 1.92. The molecule has 3 nitrogen and oxygen atoms in total. The van der Waals surface area contributed by atoms with Crippen LogP contribution in [0.4, 0.5) is 0 Å². The third-order valence-corrected chi connectivity index (χ3v) is 4.16. The molecule has 3 heteroatoms. The summed E-state index contributed by atoms with van der Waals surface area (Å²) in [7, 11) is 1.97. The van der Waals surface area contributed by atoms with Gasteiger partial charge in [-0.1, -0.05) is 25.7 Å². The van der Waals surface area contributed by atoms with E-state index in [2.05, 4.69) is 5.32 Å². The lowest BCUT2D eigenvalue weighted by Gasteiger charge is -2.25. The maximum absolute atomic E-state index is 12.0. The molecule has 1 amide bonds. The van der Waals surface area contributed by atoms with Gasteiger partial charge in [0.1, 0.15) is 0 Å². The highest BCUT2D eigenvalue weighted by Gasteiger charge is 2.24. The van der Waals surface area contributed by atoms with Gasteiger partial charge in [-0.3, -0.25) is 4.79 Å². The van der Waals surface area contributed by atoms with Crippen LogP contribution in [0.1, 0.15) is 51.4 Å². The van der Waals surface area contributed by atoms with Crippen LogP contribution in [0.2, 0.25) is 0 Å². The van der Waals surface area contributed by atoms with E-state index in [-0.39, 0.29) is 5.91 Å². The summed E-state index contributed by atoms with van der Waals surface area (Å²) in [5, 5.41) is 3.39. The van der Waals surface area contributed by atoms with E-state index >= 15 is 0 Å². The number of carbonyl (C=O) groups is 1. The van der Waals surface area contributed by atoms with Gasteiger partial charge in [0, 0.05) is 19.1 Å². The molecule has 0 heterocycles. The van der Waals surface area contributed by atoms with Crippen molar-refractivity contribution in [1.82, 2.24) is 10.2 Å². The summed E-state index contributed by atoms with van der Waals surface area (Å²) in [5.41, 5.74) is 0. The Balaban J connectivity index is 1.69. The highest BCUT2D eigenvalue weighted by molar-refractivity contribution is 5.78. The summed E-state index contributed by atoms with van der Waals surface area (Å²) < 4.78 is 0. The number of amides is 1. The maximum Gasteiger partial charge on any atom is 0.236 e. The molecule has 2 saturated carbocycles. The molecule has 0 aromatic heterocycles. The normalized spacial score (nSPS) is 22.8. The lowest BCUT2D eigenvalue weighted by atomic mass is 10.2. The first-order valence-corrected chi connectivity index (χ1v) is 6.76. The van der Waals surface area contributed by atoms with Gasteiger partial charge in [-0.05, 0) is 25.7 Å². The Hall–Kier alpha value is -0.570. The van der Waals surface area contributed by atoms with Crippen LogP contribution in [0.5, 0.6) is 0 Å². The molecule has 0 spiro atoms. The quantitative estimate of drug-likeness (QED) is 0.791. The molecule has 0 aromatic carbocycles. The van der Waals surface area contributed by atoms with E-state index in [4.69, 9.17) is 0 Å². The molecule has 0 atom stereocenters. The number of likely N-dealkylation sites (N-methyl/N-ethyl adjacent to an activating group) is 1. The fraction of sp³-hybridized carbons (Fsp3) is 0.923. The number of hydrogen-bond donors (Lipinski definition) is 1. The van der Waals surface area contributed by atoms with Crippen molar-refractivity contribution >= 4 is 5.91 Å². The second-order valence-electron chi connectivity index (χ2n) is 5.31. The van der Waals surface area contributed by atoms with Crippen molar-refractivity contribution in [3.8, 4) is 0 Å². The van der Waals surface area contributed by atoms with E-state index in [1.54, 1.807) is 0 Å².